The first-order valence-electron chi connectivity index (χ1n) is 6.99. The van der Waals surface area contributed by atoms with Crippen molar-refractivity contribution in [3.63, 3.8) is 0 Å². The van der Waals surface area contributed by atoms with Gasteiger partial charge in [-0.2, -0.15) is 0 Å². The highest BCUT2D eigenvalue weighted by Gasteiger charge is 2.25. The highest BCUT2D eigenvalue weighted by Crippen LogP contribution is 2.30. The van der Waals surface area contributed by atoms with Crippen molar-refractivity contribution in [2.45, 2.75) is 6.92 Å². The lowest BCUT2D eigenvalue weighted by Crippen LogP contribution is -2.04. The number of carbonyl (C=O) groups is 2. The van der Waals surface area contributed by atoms with E-state index in [2.05, 4.69) is 4.99 Å². The van der Waals surface area contributed by atoms with Crippen LogP contribution in [0.1, 0.15) is 18.2 Å². The molecule has 3 rings (SSSR count). The van der Waals surface area contributed by atoms with Crippen LogP contribution in [-0.2, 0) is 14.3 Å². The molecule has 0 saturated carbocycles. The summed E-state index contributed by atoms with van der Waals surface area (Å²) in [5.74, 6) is 0.104. The number of aliphatic imine (C=N–C) groups is 1. The minimum absolute atomic E-state index is 0.111. The lowest BCUT2D eigenvalue weighted by atomic mass is 10.1. The molecule has 1 aromatic carbocycles. The number of esters is 2. The van der Waals surface area contributed by atoms with E-state index in [0.717, 1.165) is 0 Å². The van der Waals surface area contributed by atoms with Gasteiger partial charge in [-0.3, -0.25) is 4.79 Å². The van der Waals surface area contributed by atoms with Crippen molar-refractivity contribution >= 4 is 23.9 Å². The first kappa shape index (κ1) is 15.5. The molecule has 0 fully saturated rings. The fraction of sp³-hybridized carbons (Fsp3) is 0.118. The minimum atomic E-state index is -0.579. The number of hydrogen-bond donors (Lipinski definition) is 0. The molecule has 0 bridgehead atoms. The molecule has 0 unspecified atom stereocenters. The van der Waals surface area contributed by atoms with Crippen LogP contribution >= 0.6 is 0 Å². The van der Waals surface area contributed by atoms with Gasteiger partial charge in [0.25, 0.3) is 5.90 Å². The molecule has 0 aliphatic carbocycles. The molecular weight excluding hydrogens is 314 g/mol. The number of hydrogen-bond acceptors (Lipinski definition) is 7. The summed E-state index contributed by atoms with van der Waals surface area (Å²) < 4.78 is 20.4. The van der Waals surface area contributed by atoms with Crippen LogP contribution in [-0.4, -0.2) is 24.9 Å². The van der Waals surface area contributed by atoms with Gasteiger partial charge in [-0.25, -0.2) is 9.79 Å². The molecule has 0 radical (unpaired) electrons. The number of cyclic esters (lactones) is 1. The fourth-order valence-corrected chi connectivity index (χ4v) is 2.09. The molecule has 0 saturated heterocycles. The second-order valence-corrected chi connectivity index (χ2v) is 4.82. The first-order chi connectivity index (χ1) is 11.6. The molecule has 0 atom stereocenters. The van der Waals surface area contributed by atoms with E-state index in [4.69, 9.17) is 18.6 Å². The minimum Gasteiger partial charge on any atom is -0.493 e. The zero-order chi connectivity index (χ0) is 17.1. The Morgan fingerprint density at radius 3 is 2.75 bits per heavy atom. The molecule has 7 heteroatoms. The van der Waals surface area contributed by atoms with Gasteiger partial charge in [0, 0.05) is 6.92 Å². The summed E-state index contributed by atoms with van der Waals surface area (Å²) in [6, 6.07) is 8.18. The lowest BCUT2D eigenvalue weighted by Gasteiger charge is -2.08. The van der Waals surface area contributed by atoms with Gasteiger partial charge in [-0.1, -0.05) is 6.07 Å². The van der Waals surface area contributed by atoms with Crippen LogP contribution in [0.3, 0.4) is 0 Å². The standard InChI is InChI=1S/C17H13NO6/c1-10(19)23-13-6-5-11(9-15(13)21-2)8-12-17(20)24-16(18-12)14-4-3-7-22-14/h3-9H,1-2H3/b12-8-. The Balaban J connectivity index is 1.90. The molecule has 0 N–H and O–H groups in total. The number of rotatable bonds is 4. The predicted octanol–water partition coefficient (Wildman–Crippen LogP) is 2.56. The Labute approximate surface area is 137 Å². The van der Waals surface area contributed by atoms with E-state index in [0.29, 0.717) is 22.8 Å². The highest BCUT2D eigenvalue weighted by atomic mass is 16.6. The van der Waals surface area contributed by atoms with Crippen LogP contribution in [0.15, 0.2) is 51.7 Å². The number of methoxy groups -OCH3 is 1. The van der Waals surface area contributed by atoms with E-state index in [-0.39, 0.29) is 11.6 Å². The molecule has 0 spiro atoms. The molecule has 0 amide bonds. The van der Waals surface area contributed by atoms with Gasteiger partial charge in [-0.15, -0.1) is 0 Å². The van der Waals surface area contributed by atoms with Gasteiger partial charge in [0.1, 0.15) is 0 Å². The molecule has 2 aromatic rings. The van der Waals surface area contributed by atoms with E-state index in [1.165, 1.54) is 20.3 Å². The molecule has 1 aliphatic heterocycles. The topological polar surface area (TPSA) is 87.3 Å². The van der Waals surface area contributed by atoms with Crippen molar-refractivity contribution in [1.82, 2.24) is 0 Å². The largest absolute Gasteiger partial charge is 0.493 e. The van der Waals surface area contributed by atoms with Gasteiger partial charge in [0.05, 0.1) is 13.4 Å². The fourth-order valence-electron chi connectivity index (χ4n) is 2.09. The Kier molecular flexibility index (Phi) is 4.15. The van der Waals surface area contributed by atoms with E-state index < -0.39 is 11.9 Å². The third-order valence-electron chi connectivity index (χ3n) is 3.10. The van der Waals surface area contributed by atoms with Crippen LogP contribution in [0, 0.1) is 0 Å². The highest BCUT2D eigenvalue weighted by molar-refractivity contribution is 6.11. The van der Waals surface area contributed by atoms with Crippen molar-refractivity contribution in [3.8, 4) is 11.5 Å². The quantitative estimate of drug-likeness (QED) is 0.487. The molecular formula is C17H13NO6. The van der Waals surface area contributed by atoms with E-state index in [1.54, 1.807) is 36.4 Å². The van der Waals surface area contributed by atoms with Crippen molar-refractivity contribution in [2.75, 3.05) is 7.11 Å². The third-order valence-corrected chi connectivity index (χ3v) is 3.10. The summed E-state index contributed by atoms with van der Waals surface area (Å²) in [6.07, 6.45) is 3.00. The van der Waals surface area contributed by atoms with E-state index in [9.17, 15) is 9.59 Å². The molecule has 122 valence electrons. The maximum absolute atomic E-state index is 11.9. The summed E-state index contributed by atoms with van der Waals surface area (Å²) in [5, 5.41) is 0. The van der Waals surface area contributed by atoms with Crippen LogP contribution in [0.5, 0.6) is 11.5 Å². The molecule has 2 heterocycles. The van der Waals surface area contributed by atoms with Gasteiger partial charge >= 0.3 is 11.9 Å². The van der Waals surface area contributed by atoms with Crippen molar-refractivity contribution in [3.05, 3.63) is 53.6 Å². The lowest BCUT2D eigenvalue weighted by molar-refractivity contribution is -0.132. The number of carbonyl (C=O) groups excluding carboxylic acids is 2. The summed E-state index contributed by atoms with van der Waals surface area (Å²) in [4.78, 5) is 27.1. The monoisotopic (exact) mass is 327 g/mol. The summed E-state index contributed by atoms with van der Waals surface area (Å²) in [7, 11) is 1.45. The maximum Gasteiger partial charge on any atom is 0.363 e. The number of ether oxygens (including phenoxy) is 3. The van der Waals surface area contributed by atoms with Gasteiger partial charge in [0.15, 0.2) is 23.0 Å². The average molecular weight is 327 g/mol. The Hall–Kier alpha value is -3.35. The SMILES string of the molecule is COc1cc(/C=C2\N=C(c3ccco3)OC2=O)ccc1OC(C)=O. The summed E-state index contributed by atoms with van der Waals surface area (Å²) in [6.45, 7) is 1.30. The molecule has 1 aromatic heterocycles. The van der Waals surface area contributed by atoms with Gasteiger partial charge in [0.2, 0.25) is 0 Å². The van der Waals surface area contributed by atoms with E-state index in [1.807, 2.05) is 0 Å². The second-order valence-electron chi connectivity index (χ2n) is 4.82. The Morgan fingerprint density at radius 1 is 1.25 bits per heavy atom. The Bertz CT molecular complexity index is 848. The molecule has 7 nitrogen and oxygen atoms in total. The van der Waals surface area contributed by atoms with Gasteiger partial charge < -0.3 is 18.6 Å². The van der Waals surface area contributed by atoms with Gasteiger partial charge in [-0.05, 0) is 35.9 Å². The van der Waals surface area contributed by atoms with Crippen LogP contribution < -0.4 is 9.47 Å². The molecule has 1 aliphatic rings. The molecule has 24 heavy (non-hydrogen) atoms. The summed E-state index contributed by atoms with van der Waals surface area (Å²) >= 11 is 0. The average Bonchev–Trinajstić information content (AvgIpc) is 3.19. The smallest absolute Gasteiger partial charge is 0.363 e. The van der Waals surface area contributed by atoms with Crippen LogP contribution in [0.4, 0.5) is 0 Å². The zero-order valence-corrected chi connectivity index (χ0v) is 12.9. The van der Waals surface area contributed by atoms with Crippen molar-refractivity contribution in [2.24, 2.45) is 4.99 Å². The first-order valence-corrected chi connectivity index (χ1v) is 6.99. The number of furan rings is 1. The van der Waals surface area contributed by atoms with Crippen LogP contribution in [0.25, 0.3) is 6.08 Å². The number of nitrogens with zero attached hydrogens (tertiary/aromatic N) is 1. The van der Waals surface area contributed by atoms with Crippen molar-refractivity contribution in [1.29, 1.82) is 0 Å². The normalized spacial score (nSPS) is 15.2. The number of benzene rings is 1. The van der Waals surface area contributed by atoms with Crippen molar-refractivity contribution < 1.29 is 28.2 Å². The maximum atomic E-state index is 11.9. The zero-order valence-electron chi connectivity index (χ0n) is 12.9. The third kappa shape index (κ3) is 3.19. The van der Waals surface area contributed by atoms with E-state index >= 15 is 0 Å². The predicted molar refractivity (Wildman–Crippen MR) is 83.6 cm³/mol. The van der Waals surface area contributed by atoms with Crippen LogP contribution in [0.2, 0.25) is 0 Å². The second kappa shape index (κ2) is 6.41. The Morgan fingerprint density at radius 2 is 2.08 bits per heavy atom. The summed E-state index contributed by atoms with van der Waals surface area (Å²) in [5.41, 5.74) is 0.767.